The Morgan fingerprint density at radius 3 is 2.39 bits per heavy atom. The average Bonchev–Trinajstić information content (AvgIpc) is 3.28. The van der Waals surface area contributed by atoms with Crippen molar-refractivity contribution in [3.05, 3.63) is 26.5 Å². The lowest BCUT2D eigenvalue weighted by atomic mass is 9.92. The van der Waals surface area contributed by atoms with Gasteiger partial charge in [0.05, 0.1) is 12.6 Å². The first-order chi connectivity index (χ1) is 16.7. The highest BCUT2D eigenvalue weighted by molar-refractivity contribution is 7.09. The minimum Gasteiger partial charge on any atom is -0.461 e. The second-order valence-electron chi connectivity index (χ2n) is 10.0. The van der Waals surface area contributed by atoms with E-state index in [4.69, 9.17) is 9.47 Å². The molecule has 0 saturated heterocycles. The quantitative estimate of drug-likeness (QED) is 0.166. The molecular weight excluding hydrogens is 484 g/mol. The fourth-order valence-electron chi connectivity index (χ4n) is 3.61. The number of hydrogen-bond acceptors (Lipinski definition) is 8. The number of esters is 1. The minimum atomic E-state index is -0.788. The molecule has 0 aliphatic heterocycles. The third kappa shape index (κ3) is 9.31. The average molecular weight is 525 g/mol. The first-order valence-electron chi connectivity index (χ1n) is 12.2. The molecule has 0 radical (unpaired) electrons. The molecule has 1 aromatic rings. The number of likely N-dealkylation sites (N-methyl/N-ethyl adjacent to an activating group) is 1. The molecule has 4 atom stereocenters. The van der Waals surface area contributed by atoms with Gasteiger partial charge in [-0.05, 0) is 51.5 Å². The molecule has 0 fully saturated rings. The largest absolute Gasteiger partial charge is 0.461 e. The van der Waals surface area contributed by atoms with Gasteiger partial charge in [0.25, 0.3) is 0 Å². The molecule has 2 amide bonds. The van der Waals surface area contributed by atoms with Gasteiger partial charge in [0.15, 0.2) is 5.69 Å². The van der Waals surface area contributed by atoms with Gasteiger partial charge in [-0.2, -0.15) is 0 Å². The molecule has 0 aliphatic carbocycles. The number of rotatable bonds is 12. The zero-order valence-corrected chi connectivity index (χ0v) is 23.6. The van der Waals surface area contributed by atoms with Crippen LogP contribution in [0.4, 0.5) is 4.79 Å². The van der Waals surface area contributed by atoms with Crippen molar-refractivity contribution in [3.63, 3.8) is 0 Å². The third-order valence-electron chi connectivity index (χ3n) is 5.71. The molecule has 0 spiro atoms. The molecular formula is C24H40N6O5S. The number of ether oxygens (including phenoxy) is 2. The van der Waals surface area contributed by atoms with Crippen LogP contribution < -0.4 is 5.32 Å². The minimum absolute atomic E-state index is 0.000980. The van der Waals surface area contributed by atoms with Gasteiger partial charge in [-0.3, -0.25) is 4.79 Å². The van der Waals surface area contributed by atoms with E-state index < -0.39 is 29.7 Å². The normalized spacial score (nSPS) is 14.7. The zero-order valence-electron chi connectivity index (χ0n) is 22.8. The number of alkyl carbamates (subject to hydrolysis) is 1. The highest BCUT2D eigenvalue weighted by atomic mass is 32.1. The van der Waals surface area contributed by atoms with Crippen LogP contribution in [0.1, 0.15) is 89.8 Å². The Balaban J connectivity index is 3.19. The molecule has 0 saturated carbocycles. The lowest BCUT2D eigenvalue weighted by Gasteiger charge is -2.36. The number of nitrogens with zero attached hydrogens (tertiary/aromatic N) is 5. The molecule has 0 unspecified atom stereocenters. The Morgan fingerprint density at radius 1 is 1.25 bits per heavy atom. The van der Waals surface area contributed by atoms with Crippen molar-refractivity contribution in [1.82, 2.24) is 15.2 Å². The van der Waals surface area contributed by atoms with Crippen LogP contribution in [0.5, 0.6) is 0 Å². The number of hydrogen-bond donors (Lipinski definition) is 1. The molecule has 36 heavy (non-hydrogen) atoms. The Hall–Kier alpha value is -2.85. The molecule has 12 heteroatoms. The summed E-state index contributed by atoms with van der Waals surface area (Å²) in [5.74, 6) is -0.949. The number of nitrogens with one attached hydrogen (secondary N) is 1. The predicted octanol–water partition coefficient (Wildman–Crippen LogP) is 5.48. The molecule has 1 aromatic heterocycles. The number of azide groups is 1. The monoisotopic (exact) mass is 524 g/mol. The Kier molecular flexibility index (Phi) is 12.2. The van der Waals surface area contributed by atoms with E-state index in [1.807, 2.05) is 27.7 Å². The molecule has 11 nitrogen and oxygen atoms in total. The van der Waals surface area contributed by atoms with Crippen molar-refractivity contribution in [1.29, 1.82) is 0 Å². The van der Waals surface area contributed by atoms with E-state index in [2.05, 4.69) is 20.3 Å². The van der Waals surface area contributed by atoms with E-state index in [1.54, 1.807) is 45.0 Å². The smallest absolute Gasteiger partial charge is 0.408 e. The van der Waals surface area contributed by atoms with Gasteiger partial charge in [-0.15, -0.1) is 11.3 Å². The lowest BCUT2D eigenvalue weighted by molar-refractivity contribution is -0.136. The first-order valence-corrected chi connectivity index (χ1v) is 13.1. The van der Waals surface area contributed by atoms with Crippen LogP contribution in [0.3, 0.4) is 0 Å². The van der Waals surface area contributed by atoms with Crippen molar-refractivity contribution >= 4 is 29.3 Å². The van der Waals surface area contributed by atoms with E-state index in [-0.39, 0.29) is 36.1 Å². The summed E-state index contributed by atoms with van der Waals surface area (Å²) in [4.78, 5) is 47.0. The summed E-state index contributed by atoms with van der Waals surface area (Å²) in [5.41, 5.74) is 8.64. The third-order valence-corrected chi connectivity index (χ3v) is 6.66. The summed E-state index contributed by atoms with van der Waals surface area (Å²) in [6.45, 7) is 15.0. The standard InChI is InChI=1S/C24H40N6O5S/c1-10-15(5)19(27-23(33)35-24(6,7)8)21(31)30(9)18(14(3)4)12-16(28-29-25)20-26-17(13-36-20)22(32)34-11-2/h13-16,18-19H,10-12H2,1-9H3,(H,27,33)/t15-,16+,18+,19-/m0/s1. The van der Waals surface area contributed by atoms with Crippen LogP contribution in [0, 0.1) is 11.8 Å². The molecule has 1 rings (SSSR count). The number of carbonyl (C=O) groups excluding carboxylic acids is 3. The van der Waals surface area contributed by atoms with Crippen LogP contribution in [-0.2, 0) is 14.3 Å². The summed E-state index contributed by atoms with van der Waals surface area (Å²) in [6.07, 6.45) is 0.306. The second kappa shape index (κ2) is 14.0. The SMILES string of the molecule is CCOC(=O)c1csc([C@@H](C[C@H](C(C)C)N(C)C(=O)[C@@H](NC(=O)OC(C)(C)C)[C@@H](C)CC)N=[N+]=[N-])n1. The van der Waals surface area contributed by atoms with Crippen LogP contribution in [0.25, 0.3) is 10.4 Å². The highest BCUT2D eigenvalue weighted by Crippen LogP contribution is 2.31. The lowest BCUT2D eigenvalue weighted by Crippen LogP contribution is -2.54. The summed E-state index contributed by atoms with van der Waals surface area (Å²) in [7, 11) is 1.68. The van der Waals surface area contributed by atoms with Gasteiger partial charge in [0.1, 0.15) is 16.7 Å². The van der Waals surface area contributed by atoms with E-state index >= 15 is 0 Å². The Labute approximate surface area is 217 Å². The van der Waals surface area contributed by atoms with Crippen molar-refractivity contribution in [3.8, 4) is 0 Å². The van der Waals surface area contributed by atoms with Crippen molar-refractivity contribution in [2.75, 3.05) is 13.7 Å². The van der Waals surface area contributed by atoms with Crippen molar-refractivity contribution < 1.29 is 23.9 Å². The van der Waals surface area contributed by atoms with Crippen LogP contribution >= 0.6 is 11.3 Å². The Bertz CT molecular complexity index is 938. The van der Waals surface area contributed by atoms with Crippen molar-refractivity contribution in [2.24, 2.45) is 17.0 Å². The number of amides is 2. The predicted molar refractivity (Wildman–Crippen MR) is 139 cm³/mol. The van der Waals surface area contributed by atoms with Gasteiger partial charge in [-0.25, -0.2) is 14.6 Å². The van der Waals surface area contributed by atoms with Gasteiger partial charge >= 0.3 is 12.1 Å². The van der Waals surface area contributed by atoms with Gasteiger partial charge in [-0.1, -0.05) is 39.2 Å². The number of thiazole rings is 1. The maximum atomic E-state index is 13.6. The molecule has 202 valence electrons. The fourth-order valence-corrected chi connectivity index (χ4v) is 4.44. The number of aromatic nitrogens is 1. The molecule has 1 heterocycles. The van der Waals surface area contributed by atoms with Gasteiger partial charge in [0.2, 0.25) is 5.91 Å². The fraction of sp³-hybridized carbons (Fsp3) is 0.750. The van der Waals surface area contributed by atoms with E-state index in [0.717, 1.165) is 0 Å². The summed E-state index contributed by atoms with van der Waals surface area (Å²) in [5, 5.41) is 8.68. The van der Waals surface area contributed by atoms with Crippen LogP contribution in [0.2, 0.25) is 0 Å². The zero-order chi connectivity index (χ0) is 27.6. The molecule has 0 aliphatic rings. The van der Waals surface area contributed by atoms with E-state index in [0.29, 0.717) is 17.8 Å². The topological polar surface area (TPSA) is 147 Å². The number of carbonyl (C=O) groups is 3. The Morgan fingerprint density at radius 2 is 1.89 bits per heavy atom. The second-order valence-corrected chi connectivity index (χ2v) is 10.9. The van der Waals surface area contributed by atoms with Crippen LogP contribution in [-0.4, -0.2) is 59.2 Å². The first kappa shape index (κ1) is 31.2. The van der Waals surface area contributed by atoms with Crippen molar-refractivity contribution in [2.45, 2.75) is 92.0 Å². The van der Waals surface area contributed by atoms with Gasteiger partial charge in [0, 0.05) is 23.4 Å². The highest BCUT2D eigenvalue weighted by Gasteiger charge is 2.35. The van der Waals surface area contributed by atoms with E-state index in [9.17, 15) is 19.9 Å². The summed E-state index contributed by atoms with van der Waals surface area (Å²) < 4.78 is 10.4. The maximum Gasteiger partial charge on any atom is 0.408 e. The summed E-state index contributed by atoms with van der Waals surface area (Å²) >= 11 is 1.20. The molecule has 0 bridgehead atoms. The molecule has 0 aromatic carbocycles. The van der Waals surface area contributed by atoms with Crippen LogP contribution in [0.15, 0.2) is 10.5 Å². The summed E-state index contributed by atoms with van der Waals surface area (Å²) in [6, 6.07) is -1.81. The molecule has 1 N–H and O–H groups in total. The maximum absolute atomic E-state index is 13.6. The van der Waals surface area contributed by atoms with E-state index in [1.165, 1.54) is 11.3 Å². The van der Waals surface area contributed by atoms with Gasteiger partial charge < -0.3 is 19.7 Å².